The molecule has 1 aliphatic heterocycles. The molecule has 0 bridgehead atoms. The molecule has 4 nitrogen and oxygen atoms in total. The molecule has 0 amide bonds. The Kier molecular flexibility index (Phi) is 4.31. The van der Waals surface area contributed by atoms with Crippen molar-refractivity contribution in [1.29, 1.82) is 0 Å². The molecule has 2 N–H and O–H groups in total. The van der Waals surface area contributed by atoms with Crippen molar-refractivity contribution >= 4 is 29.0 Å². The number of hydrogen-bond acceptors (Lipinski definition) is 4. The van der Waals surface area contributed by atoms with Crippen LogP contribution in [0.2, 0.25) is 10.0 Å². The summed E-state index contributed by atoms with van der Waals surface area (Å²) in [5, 5.41) is 0.691. The lowest BCUT2D eigenvalue weighted by Crippen LogP contribution is -2.26. The van der Waals surface area contributed by atoms with Gasteiger partial charge in [-0.05, 0) is 25.3 Å². The molecular formula is C11H14Cl2N2O2. The first kappa shape index (κ1) is 12.7. The molecule has 17 heavy (non-hydrogen) atoms. The van der Waals surface area contributed by atoms with Crippen LogP contribution in [0.25, 0.3) is 0 Å². The fourth-order valence-corrected chi connectivity index (χ4v) is 2.09. The molecule has 1 unspecified atom stereocenters. The van der Waals surface area contributed by atoms with Crippen molar-refractivity contribution in [3.8, 4) is 5.88 Å². The van der Waals surface area contributed by atoms with Crippen LogP contribution in [-0.4, -0.2) is 24.3 Å². The number of hydrogen-bond donors (Lipinski definition) is 1. The highest BCUT2D eigenvalue weighted by Crippen LogP contribution is 2.29. The molecule has 1 saturated heterocycles. The van der Waals surface area contributed by atoms with E-state index >= 15 is 0 Å². The van der Waals surface area contributed by atoms with Gasteiger partial charge < -0.3 is 15.2 Å². The molecule has 1 fully saturated rings. The number of aromatic nitrogens is 1. The zero-order chi connectivity index (χ0) is 12.3. The number of anilines is 1. The van der Waals surface area contributed by atoms with Gasteiger partial charge in [0.05, 0.1) is 11.1 Å². The lowest BCUT2D eigenvalue weighted by molar-refractivity contribution is -0.0118. The molecule has 1 aromatic rings. The summed E-state index contributed by atoms with van der Waals surface area (Å²) in [7, 11) is 0. The smallest absolute Gasteiger partial charge is 0.234 e. The summed E-state index contributed by atoms with van der Waals surface area (Å²) < 4.78 is 11.0. The van der Waals surface area contributed by atoms with Gasteiger partial charge in [-0.15, -0.1) is 0 Å². The Balaban J connectivity index is 1.96. The van der Waals surface area contributed by atoms with Gasteiger partial charge in [0.1, 0.15) is 17.4 Å². The van der Waals surface area contributed by atoms with E-state index in [0.29, 0.717) is 22.5 Å². The van der Waals surface area contributed by atoms with E-state index in [0.717, 1.165) is 25.9 Å². The van der Waals surface area contributed by atoms with Crippen LogP contribution in [0.3, 0.4) is 0 Å². The van der Waals surface area contributed by atoms with Gasteiger partial charge in [-0.25, -0.2) is 0 Å². The molecule has 2 heterocycles. The Bertz CT molecular complexity index is 395. The second-order valence-corrected chi connectivity index (χ2v) is 4.76. The summed E-state index contributed by atoms with van der Waals surface area (Å²) in [6.07, 6.45) is 3.39. The van der Waals surface area contributed by atoms with Crippen molar-refractivity contribution in [3.63, 3.8) is 0 Å². The maximum absolute atomic E-state index is 5.95. The standard InChI is InChI=1S/C11H14Cl2N2O2/c12-8-5-9(13)11(15-10(8)14)17-6-7-3-1-2-4-16-7/h5,7H,1-4,6H2,(H2,14,15). The minimum atomic E-state index is 0.110. The molecule has 1 aliphatic rings. The highest BCUT2D eigenvalue weighted by Gasteiger charge is 2.16. The van der Waals surface area contributed by atoms with Crippen molar-refractivity contribution in [2.45, 2.75) is 25.4 Å². The molecule has 0 aliphatic carbocycles. The van der Waals surface area contributed by atoms with E-state index in [1.54, 1.807) is 0 Å². The van der Waals surface area contributed by atoms with Crippen molar-refractivity contribution in [3.05, 3.63) is 16.1 Å². The van der Waals surface area contributed by atoms with E-state index in [4.69, 9.17) is 38.4 Å². The topological polar surface area (TPSA) is 57.4 Å². The largest absolute Gasteiger partial charge is 0.474 e. The van der Waals surface area contributed by atoms with E-state index in [1.807, 2.05) is 0 Å². The van der Waals surface area contributed by atoms with Crippen molar-refractivity contribution in [2.75, 3.05) is 18.9 Å². The molecule has 0 saturated carbocycles. The minimum Gasteiger partial charge on any atom is -0.474 e. The predicted molar refractivity (Wildman–Crippen MR) is 67.8 cm³/mol. The maximum atomic E-state index is 5.95. The summed E-state index contributed by atoms with van der Waals surface area (Å²) in [5.74, 6) is 0.526. The molecule has 1 atom stereocenters. The Morgan fingerprint density at radius 1 is 1.41 bits per heavy atom. The molecule has 6 heteroatoms. The average Bonchev–Trinajstić information content (AvgIpc) is 2.33. The van der Waals surface area contributed by atoms with Crippen LogP contribution in [0.5, 0.6) is 5.88 Å². The van der Waals surface area contributed by atoms with Gasteiger partial charge in [0.15, 0.2) is 0 Å². The third kappa shape index (κ3) is 3.37. The molecular weight excluding hydrogens is 263 g/mol. The van der Waals surface area contributed by atoms with Crippen molar-refractivity contribution < 1.29 is 9.47 Å². The van der Waals surface area contributed by atoms with Crippen LogP contribution in [0.15, 0.2) is 6.07 Å². The zero-order valence-electron chi connectivity index (χ0n) is 9.29. The summed E-state index contributed by atoms with van der Waals surface area (Å²) in [4.78, 5) is 3.99. The Hall–Kier alpha value is -0.710. The molecule has 0 radical (unpaired) electrons. The monoisotopic (exact) mass is 276 g/mol. The quantitative estimate of drug-likeness (QED) is 0.922. The second kappa shape index (κ2) is 5.76. The fraction of sp³-hybridized carbons (Fsp3) is 0.545. The van der Waals surface area contributed by atoms with Crippen molar-refractivity contribution in [2.24, 2.45) is 0 Å². The third-order valence-electron chi connectivity index (χ3n) is 2.60. The normalized spacial score (nSPS) is 20.2. The van der Waals surface area contributed by atoms with E-state index in [-0.39, 0.29) is 11.9 Å². The number of pyridine rings is 1. The van der Waals surface area contributed by atoms with Gasteiger partial charge in [-0.1, -0.05) is 23.2 Å². The SMILES string of the molecule is Nc1nc(OCC2CCCCO2)c(Cl)cc1Cl. The lowest BCUT2D eigenvalue weighted by atomic mass is 10.1. The second-order valence-electron chi connectivity index (χ2n) is 3.94. The van der Waals surface area contributed by atoms with Gasteiger partial charge >= 0.3 is 0 Å². The van der Waals surface area contributed by atoms with Gasteiger partial charge in [0.25, 0.3) is 0 Å². The molecule has 2 rings (SSSR count). The predicted octanol–water partition coefficient (Wildman–Crippen LogP) is 2.92. The van der Waals surface area contributed by atoms with E-state index < -0.39 is 0 Å². The molecule has 0 aromatic carbocycles. The molecule has 0 spiro atoms. The fourth-order valence-electron chi connectivity index (χ4n) is 1.68. The van der Waals surface area contributed by atoms with Crippen LogP contribution >= 0.6 is 23.2 Å². The number of halogens is 2. The first-order chi connectivity index (χ1) is 8.16. The summed E-state index contributed by atoms with van der Waals surface area (Å²) in [5.41, 5.74) is 5.59. The number of rotatable bonds is 3. The van der Waals surface area contributed by atoms with Crippen LogP contribution in [0, 0.1) is 0 Å². The van der Waals surface area contributed by atoms with Gasteiger partial charge in [-0.3, -0.25) is 0 Å². The first-order valence-electron chi connectivity index (χ1n) is 5.52. The van der Waals surface area contributed by atoms with E-state index in [1.165, 1.54) is 6.07 Å². The number of nitrogens with zero attached hydrogens (tertiary/aromatic N) is 1. The Labute approximate surface area is 110 Å². The average molecular weight is 277 g/mol. The Morgan fingerprint density at radius 2 is 2.24 bits per heavy atom. The number of ether oxygens (including phenoxy) is 2. The van der Waals surface area contributed by atoms with Gasteiger partial charge in [0.2, 0.25) is 5.88 Å². The zero-order valence-corrected chi connectivity index (χ0v) is 10.8. The van der Waals surface area contributed by atoms with E-state index in [9.17, 15) is 0 Å². The van der Waals surface area contributed by atoms with Crippen LogP contribution in [0.1, 0.15) is 19.3 Å². The van der Waals surface area contributed by atoms with Crippen LogP contribution < -0.4 is 10.5 Å². The van der Waals surface area contributed by atoms with E-state index in [2.05, 4.69) is 4.98 Å². The van der Waals surface area contributed by atoms with Gasteiger partial charge in [-0.2, -0.15) is 4.98 Å². The Morgan fingerprint density at radius 3 is 2.94 bits per heavy atom. The highest BCUT2D eigenvalue weighted by atomic mass is 35.5. The third-order valence-corrected chi connectivity index (χ3v) is 3.18. The highest BCUT2D eigenvalue weighted by molar-refractivity contribution is 6.36. The van der Waals surface area contributed by atoms with Crippen LogP contribution in [-0.2, 0) is 4.74 Å². The van der Waals surface area contributed by atoms with Gasteiger partial charge in [0, 0.05) is 6.61 Å². The number of nitrogens with two attached hydrogens (primary N) is 1. The van der Waals surface area contributed by atoms with Crippen LogP contribution in [0.4, 0.5) is 5.82 Å². The first-order valence-corrected chi connectivity index (χ1v) is 6.28. The molecule has 1 aromatic heterocycles. The minimum absolute atomic E-state index is 0.110. The summed E-state index contributed by atoms with van der Waals surface area (Å²) >= 11 is 11.7. The lowest BCUT2D eigenvalue weighted by Gasteiger charge is -2.22. The number of nitrogen functional groups attached to an aromatic ring is 1. The van der Waals surface area contributed by atoms with Crippen molar-refractivity contribution in [1.82, 2.24) is 4.98 Å². The summed E-state index contributed by atoms with van der Waals surface area (Å²) in [6, 6.07) is 1.53. The maximum Gasteiger partial charge on any atom is 0.234 e. The molecule has 94 valence electrons. The summed E-state index contributed by atoms with van der Waals surface area (Å²) in [6.45, 7) is 1.23.